The van der Waals surface area contributed by atoms with Gasteiger partial charge >= 0.3 is 17.9 Å². The molecule has 2 aromatic rings. The zero-order valence-electron chi connectivity index (χ0n) is 23.1. The first-order chi connectivity index (χ1) is 18.9. The van der Waals surface area contributed by atoms with E-state index in [1.54, 1.807) is 56.3 Å². The highest BCUT2D eigenvalue weighted by Gasteiger charge is 2.60. The maximum Gasteiger partial charge on any atom is 0.316 e. The Kier molecular flexibility index (Phi) is 9.63. The number of aliphatic imine (C=N–C) groups is 1. The second-order valence-electron chi connectivity index (χ2n) is 9.99. The Bertz CT molecular complexity index is 1320. The van der Waals surface area contributed by atoms with Crippen LogP contribution in [0.5, 0.6) is 11.5 Å². The van der Waals surface area contributed by atoms with Crippen molar-refractivity contribution >= 4 is 35.2 Å². The largest absolute Gasteiger partial charge is 0.497 e. The SMILES string of the molecule is COC(=O)C(C)CC1(C(=O)O)C=CC(=NCc2ccc(OC)cc2OC)[C@@](Cc2ccc(Cl)cc2)(C(=O)O)C1C. The molecule has 0 saturated heterocycles. The van der Waals surface area contributed by atoms with Crippen molar-refractivity contribution in [2.45, 2.75) is 33.2 Å². The van der Waals surface area contributed by atoms with Crippen molar-refractivity contribution in [2.75, 3.05) is 21.3 Å². The molecule has 0 heterocycles. The van der Waals surface area contributed by atoms with Crippen LogP contribution < -0.4 is 9.47 Å². The molecule has 0 aromatic heterocycles. The van der Waals surface area contributed by atoms with Crippen molar-refractivity contribution in [1.29, 1.82) is 0 Å². The molecule has 1 aliphatic rings. The maximum atomic E-state index is 13.3. The highest BCUT2D eigenvalue weighted by Crippen LogP contribution is 2.52. The number of halogens is 1. The Hall–Kier alpha value is -3.85. The maximum absolute atomic E-state index is 13.3. The Balaban J connectivity index is 2.22. The minimum Gasteiger partial charge on any atom is -0.497 e. The number of rotatable bonds is 11. The number of hydrogen-bond donors (Lipinski definition) is 2. The average molecular weight is 572 g/mol. The van der Waals surface area contributed by atoms with Crippen molar-refractivity contribution in [3.05, 3.63) is 70.8 Å². The summed E-state index contributed by atoms with van der Waals surface area (Å²) in [5.41, 5.74) is -1.89. The quantitative estimate of drug-likeness (QED) is 0.357. The van der Waals surface area contributed by atoms with E-state index in [1.165, 1.54) is 33.5 Å². The first-order valence-electron chi connectivity index (χ1n) is 12.7. The van der Waals surface area contributed by atoms with E-state index in [-0.39, 0.29) is 25.1 Å². The van der Waals surface area contributed by atoms with Gasteiger partial charge in [0.15, 0.2) is 0 Å². The first kappa shape index (κ1) is 30.7. The fourth-order valence-corrected chi connectivity index (χ4v) is 5.57. The average Bonchev–Trinajstić information content (AvgIpc) is 2.94. The van der Waals surface area contributed by atoms with E-state index >= 15 is 0 Å². The molecule has 3 rings (SSSR count). The van der Waals surface area contributed by atoms with Gasteiger partial charge in [-0.3, -0.25) is 19.4 Å². The van der Waals surface area contributed by atoms with E-state index < -0.39 is 40.6 Å². The molecule has 0 spiro atoms. The molecule has 0 fully saturated rings. The van der Waals surface area contributed by atoms with Crippen molar-refractivity contribution in [3.63, 3.8) is 0 Å². The highest BCUT2D eigenvalue weighted by atomic mass is 35.5. The van der Waals surface area contributed by atoms with Crippen molar-refractivity contribution in [1.82, 2.24) is 0 Å². The fourth-order valence-electron chi connectivity index (χ4n) is 5.45. The Morgan fingerprint density at radius 1 is 1.02 bits per heavy atom. The number of hydrogen-bond acceptors (Lipinski definition) is 7. The van der Waals surface area contributed by atoms with E-state index in [2.05, 4.69) is 0 Å². The molecule has 4 atom stereocenters. The molecule has 214 valence electrons. The summed E-state index contributed by atoms with van der Waals surface area (Å²) in [4.78, 5) is 43.2. The van der Waals surface area contributed by atoms with E-state index in [0.29, 0.717) is 27.6 Å². The third-order valence-electron chi connectivity index (χ3n) is 7.85. The number of nitrogens with zero attached hydrogens (tertiary/aromatic N) is 1. The summed E-state index contributed by atoms with van der Waals surface area (Å²) in [5.74, 6) is -3.74. The number of carboxylic acid groups (broad SMARTS) is 2. The molecule has 9 nitrogen and oxygen atoms in total. The standard InChI is InChI=1S/C30H34ClNO8/c1-18(26(33)40-5)15-29(27(34)35)13-12-25(32-17-21-8-11-23(38-3)14-24(21)39-4)30(19(29)2,28(36)37)16-20-6-9-22(31)10-7-20/h6-14,18-19H,15-17H2,1-5H3,(H,34,35)(H,36,37)/t18?,19?,29?,30-/m0/s1. The van der Waals surface area contributed by atoms with Crippen LogP contribution in [0.25, 0.3) is 0 Å². The van der Waals surface area contributed by atoms with E-state index in [4.69, 9.17) is 30.8 Å². The number of carbonyl (C=O) groups excluding carboxylic acids is 1. The van der Waals surface area contributed by atoms with Crippen LogP contribution >= 0.6 is 11.6 Å². The van der Waals surface area contributed by atoms with Crippen LogP contribution in [0.1, 0.15) is 31.4 Å². The van der Waals surface area contributed by atoms with Gasteiger partial charge in [0.05, 0.1) is 44.9 Å². The van der Waals surface area contributed by atoms with E-state index in [0.717, 1.165) is 0 Å². The third-order valence-corrected chi connectivity index (χ3v) is 8.10. The molecule has 0 bridgehead atoms. The van der Waals surface area contributed by atoms with Crippen LogP contribution in [-0.4, -0.2) is 55.2 Å². The number of benzene rings is 2. The first-order valence-corrected chi connectivity index (χ1v) is 13.1. The predicted molar refractivity (Wildman–Crippen MR) is 150 cm³/mol. The topological polar surface area (TPSA) is 132 Å². The number of ether oxygens (including phenoxy) is 3. The van der Waals surface area contributed by atoms with Gasteiger partial charge in [0.1, 0.15) is 16.9 Å². The molecule has 2 N–H and O–H groups in total. The lowest BCUT2D eigenvalue weighted by Gasteiger charge is -2.47. The number of esters is 1. The molecule has 3 unspecified atom stereocenters. The zero-order valence-corrected chi connectivity index (χ0v) is 23.9. The number of carbonyl (C=O) groups is 3. The van der Waals surface area contributed by atoms with E-state index in [1.807, 2.05) is 0 Å². The van der Waals surface area contributed by atoms with Gasteiger partial charge in [-0.25, -0.2) is 0 Å². The van der Waals surface area contributed by atoms with Gasteiger partial charge in [0, 0.05) is 16.7 Å². The second kappa shape index (κ2) is 12.6. The number of methoxy groups -OCH3 is 3. The molecule has 2 aromatic carbocycles. The zero-order chi connectivity index (χ0) is 29.7. The summed E-state index contributed by atoms with van der Waals surface area (Å²) < 4.78 is 15.6. The van der Waals surface area contributed by atoms with Crippen molar-refractivity contribution < 1.29 is 38.8 Å². The lowest BCUT2D eigenvalue weighted by atomic mass is 9.53. The van der Waals surface area contributed by atoms with Gasteiger partial charge in [0.2, 0.25) is 0 Å². The molecule has 0 amide bonds. The number of aliphatic carboxylic acids is 2. The molecular weight excluding hydrogens is 538 g/mol. The minimum absolute atomic E-state index is 0.0504. The summed E-state index contributed by atoms with van der Waals surface area (Å²) in [6, 6.07) is 12.0. The Labute approximate surface area is 238 Å². The third kappa shape index (κ3) is 5.84. The van der Waals surface area contributed by atoms with Gasteiger partial charge in [-0.2, -0.15) is 0 Å². The number of carboxylic acids is 2. The normalized spacial score (nSPS) is 23.9. The minimum atomic E-state index is -1.75. The lowest BCUT2D eigenvalue weighted by Crippen LogP contribution is -2.57. The van der Waals surface area contributed by atoms with Gasteiger partial charge in [-0.1, -0.05) is 43.7 Å². The fraction of sp³-hybridized carbons (Fsp3) is 0.400. The summed E-state index contributed by atoms with van der Waals surface area (Å²) >= 11 is 6.07. The van der Waals surface area contributed by atoms with Gasteiger partial charge < -0.3 is 24.4 Å². The van der Waals surface area contributed by atoms with Crippen LogP contribution in [-0.2, 0) is 32.1 Å². The van der Waals surface area contributed by atoms with Crippen molar-refractivity contribution in [2.24, 2.45) is 27.7 Å². The lowest BCUT2D eigenvalue weighted by molar-refractivity contribution is -0.160. The molecule has 40 heavy (non-hydrogen) atoms. The van der Waals surface area contributed by atoms with Gasteiger partial charge in [-0.15, -0.1) is 0 Å². The summed E-state index contributed by atoms with van der Waals surface area (Å²) in [6.45, 7) is 3.24. The molecular formula is C30H34ClNO8. The Morgan fingerprint density at radius 2 is 1.70 bits per heavy atom. The van der Waals surface area contributed by atoms with Crippen LogP contribution in [0, 0.1) is 22.7 Å². The number of allylic oxidation sites excluding steroid dienone is 1. The molecule has 0 radical (unpaired) electrons. The smallest absolute Gasteiger partial charge is 0.316 e. The monoisotopic (exact) mass is 571 g/mol. The van der Waals surface area contributed by atoms with Crippen LogP contribution in [0.15, 0.2) is 59.6 Å². The molecule has 1 aliphatic carbocycles. The van der Waals surface area contributed by atoms with Crippen LogP contribution in [0.3, 0.4) is 0 Å². The molecule has 0 aliphatic heterocycles. The van der Waals surface area contributed by atoms with Gasteiger partial charge in [-0.05, 0) is 54.7 Å². The van der Waals surface area contributed by atoms with Crippen molar-refractivity contribution in [3.8, 4) is 11.5 Å². The van der Waals surface area contributed by atoms with Crippen LogP contribution in [0.2, 0.25) is 5.02 Å². The summed E-state index contributed by atoms with van der Waals surface area (Å²) in [5, 5.41) is 21.8. The van der Waals surface area contributed by atoms with Crippen LogP contribution in [0.4, 0.5) is 0 Å². The Morgan fingerprint density at radius 3 is 2.25 bits per heavy atom. The molecule has 10 heteroatoms. The second-order valence-corrected chi connectivity index (χ2v) is 10.4. The predicted octanol–water partition coefficient (Wildman–Crippen LogP) is 5.09. The van der Waals surface area contributed by atoms with Gasteiger partial charge in [0.25, 0.3) is 0 Å². The highest BCUT2D eigenvalue weighted by molar-refractivity contribution is 6.30. The molecule has 0 saturated carbocycles. The summed E-state index contributed by atoms with van der Waals surface area (Å²) in [6.07, 6.45) is 2.73. The van der Waals surface area contributed by atoms with E-state index in [9.17, 15) is 24.6 Å². The summed E-state index contributed by atoms with van der Waals surface area (Å²) in [7, 11) is 4.28.